The van der Waals surface area contributed by atoms with Crippen molar-refractivity contribution >= 4 is 22.6 Å². The van der Waals surface area contributed by atoms with E-state index in [0.717, 1.165) is 41.9 Å². The Morgan fingerprint density at radius 2 is 2.06 bits per heavy atom. The lowest BCUT2D eigenvalue weighted by Crippen LogP contribution is -2.46. The van der Waals surface area contributed by atoms with Gasteiger partial charge in [0.05, 0.1) is 29.7 Å². The number of benzene rings is 1. The molecule has 2 aromatic heterocycles. The minimum atomic E-state index is -0.472. The van der Waals surface area contributed by atoms with Gasteiger partial charge in [0.2, 0.25) is 0 Å². The molecule has 33 heavy (non-hydrogen) atoms. The molecule has 0 saturated carbocycles. The number of ketones is 1. The molecule has 8 nitrogen and oxygen atoms in total. The van der Waals surface area contributed by atoms with E-state index in [9.17, 15) is 9.90 Å². The van der Waals surface area contributed by atoms with Gasteiger partial charge in [-0.1, -0.05) is 12.1 Å². The maximum atomic E-state index is 11.4. The van der Waals surface area contributed by atoms with Crippen molar-refractivity contribution in [3.63, 3.8) is 0 Å². The number of carbonyl (C=O) groups is 1. The second kappa shape index (κ2) is 10.1. The van der Waals surface area contributed by atoms with Crippen molar-refractivity contribution in [2.45, 2.75) is 39.5 Å². The monoisotopic (exact) mass is 446 g/mol. The minimum absolute atomic E-state index is 0.114. The van der Waals surface area contributed by atoms with Gasteiger partial charge in [-0.25, -0.2) is 9.97 Å². The molecule has 172 valence electrons. The third kappa shape index (κ3) is 5.21. The van der Waals surface area contributed by atoms with Gasteiger partial charge in [0.1, 0.15) is 23.6 Å². The summed E-state index contributed by atoms with van der Waals surface area (Å²) >= 11 is 0. The number of likely N-dealkylation sites (tertiary alicyclic amines) is 1. The first-order chi connectivity index (χ1) is 16.0. The number of hydrogen-bond acceptors (Lipinski definition) is 7. The smallest absolute Gasteiger partial charge is 0.145 e. The highest BCUT2D eigenvalue weighted by Gasteiger charge is 2.29. The van der Waals surface area contributed by atoms with Crippen LogP contribution in [-0.2, 0) is 17.9 Å². The predicted octanol–water partition coefficient (Wildman–Crippen LogP) is 2.60. The molecule has 2 atom stereocenters. The Balaban J connectivity index is 1.51. The lowest BCUT2D eigenvalue weighted by Gasteiger charge is -2.35. The largest absolute Gasteiger partial charge is 0.391 e. The van der Waals surface area contributed by atoms with Crippen LogP contribution in [0.1, 0.15) is 31.4 Å². The number of carbonyl (C=O) groups excluding carboxylic acids is 1. The van der Waals surface area contributed by atoms with Gasteiger partial charge in [0, 0.05) is 38.3 Å². The van der Waals surface area contributed by atoms with E-state index in [4.69, 9.17) is 5.26 Å². The number of nitriles is 1. The number of aromatic nitrogens is 3. The van der Waals surface area contributed by atoms with Gasteiger partial charge < -0.3 is 14.6 Å². The molecule has 3 aromatic rings. The fraction of sp³-hybridized carbons (Fsp3) is 0.440. The van der Waals surface area contributed by atoms with Crippen LogP contribution in [0.25, 0.3) is 11.0 Å². The number of rotatable bonds is 8. The summed E-state index contributed by atoms with van der Waals surface area (Å²) in [4.78, 5) is 24.8. The zero-order chi connectivity index (χ0) is 23.4. The van der Waals surface area contributed by atoms with Crippen molar-refractivity contribution in [3.05, 3.63) is 54.0 Å². The zero-order valence-corrected chi connectivity index (χ0v) is 19.2. The Morgan fingerprint density at radius 1 is 1.27 bits per heavy atom. The van der Waals surface area contributed by atoms with E-state index in [-0.39, 0.29) is 11.7 Å². The van der Waals surface area contributed by atoms with E-state index in [1.807, 2.05) is 41.4 Å². The van der Waals surface area contributed by atoms with Crippen molar-refractivity contribution in [1.29, 1.82) is 5.26 Å². The molecule has 0 amide bonds. The molecule has 0 spiro atoms. The Kier molecular flexibility index (Phi) is 7.02. The molecule has 0 bridgehead atoms. The standard InChI is InChI=1S/C25H30N6O2/c1-3-30(14-20-6-4-19(12-26)5-7-20)24-22-9-11-31(25(22)28-17-27-24)15-21-8-10-29(13-18(2)32)16-23(21)33/h4-7,9,11,17,21,23,33H,3,8,10,13-16H2,1-2H3/t21?,23-/m0/s1. The SMILES string of the molecule is CCN(Cc1ccc(C#N)cc1)c1ncnc2c1ccn2CC1CCN(CC(C)=O)C[C@@H]1O. The Hall–Kier alpha value is -3.28. The van der Waals surface area contributed by atoms with E-state index in [1.165, 1.54) is 0 Å². The third-order valence-electron chi connectivity index (χ3n) is 6.36. The highest BCUT2D eigenvalue weighted by Crippen LogP contribution is 2.27. The lowest BCUT2D eigenvalue weighted by atomic mass is 9.93. The minimum Gasteiger partial charge on any atom is -0.391 e. The van der Waals surface area contributed by atoms with Crippen molar-refractivity contribution in [2.24, 2.45) is 5.92 Å². The lowest BCUT2D eigenvalue weighted by molar-refractivity contribution is -0.119. The van der Waals surface area contributed by atoms with Crippen LogP contribution in [0.4, 0.5) is 5.82 Å². The summed E-state index contributed by atoms with van der Waals surface area (Å²) in [6.07, 6.45) is 3.99. The van der Waals surface area contributed by atoms with Crippen LogP contribution >= 0.6 is 0 Å². The number of aliphatic hydroxyl groups excluding tert-OH is 1. The van der Waals surface area contributed by atoms with E-state index in [2.05, 4.69) is 32.4 Å². The van der Waals surface area contributed by atoms with Gasteiger partial charge in [-0.15, -0.1) is 0 Å². The summed E-state index contributed by atoms with van der Waals surface area (Å²) < 4.78 is 2.10. The first-order valence-corrected chi connectivity index (χ1v) is 11.4. The molecule has 1 aliphatic rings. The Bertz CT molecular complexity index is 1150. The molecule has 1 unspecified atom stereocenters. The topological polar surface area (TPSA) is 98.3 Å². The molecule has 1 saturated heterocycles. The van der Waals surface area contributed by atoms with E-state index < -0.39 is 6.10 Å². The van der Waals surface area contributed by atoms with Gasteiger partial charge >= 0.3 is 0 Å². The number of piperidine rings is 1. The van der Waals surface area contributed by atoms with Crippen molar-refractivity contribution in [1.82, 2.24) is 19.4 Å². The maximum Gasteiger partial charge on any atom is 0.145 e. The van der Waals surface area contributed by atoms with Gasteiger partial charge in [-0.3, -0.25) is 9.69 Å². The van der Waals surface area contributed by atoms with Crippen LogP contribution in [0.3, 0.4) is 0 Å². The summed E-state index contributed by atoms with van der Waals surface area (Å²) in [6.45, 7) is 7.57. The van der Waals surface area contributed by atoms with Crippen LogP contribution in [-0.4, -0.2) is 62.6 Å². The third-order valence-corrected chi connectivity index (χ3v) is 6.36. The van der Waals surface area contributed by atoms with E-state index in [0.29, 0.717) is 31.7 Å². The molecule has 1 aromatic carbocycles. The number of hydrogen-bond donors (Lipinski definition) is 1. The first kappa shape index (κ1) is 22.9. The average Bonchev–Trinajstić information content (AvgIpc) is 3.22. The molecular weight excluding hydrogens is 416 g/mol. The summed E-state index contributed by atoms with van der Waals surface area (Å²) in [5.41, 5.74) is 2.62. The number of Topliss-reactive ketones (excluding diaryl/α,β-unsaturated/α-hetero) is 1. The fourth-order valence-electron chi connectivity index (χ4n) is 4.60. The van der Waals surface area contributed by atoms with Crippen LogP contribution in [0.2, 0.25) is 0 Å². The molecule has 1 fully saturated rings. The molecule has 0 aliphatic carbocycles. The molecule has 1 N–H and O–H groups in total. The van der Waals surface area contributed by atoms with Gasteiger partial charge in [-0.05, 0) is 50.6 Å². The Labute approximate surface area is 194 Å². The summed E-state index contributed by atoms with van der Waals surface area (Å²) in [7, 11) is 0. The summed E-state index contributed by atoms with van der Waals surface area (Å²) in [5, 5.41) is 20.7. The number of fused-ring (bicyclic) bond motifs is 1. The molecule has 0 radical (unpaired) electrons. The zero-order valence-electron chi connectivity index (χ0n) is 19.2. The Morgan fingerprint density at radius 3 is 2.73 bits per heavy atom. The second-order valence-corrected chi connectivity index (χ2v) is 8.78. The summed E-state index contributed by atoms with van der Waals surface area (Å²) in [5.74, 6) is 1.12. The maximum absolute atomic E-state index is 11.4. The van der Waals surface area contributed by atoms with Crippen molar-refractivity contribution in [2.75, 3.05) is 31.1 Å². The fourth-order valence-corrected chi connectivity index (χ4v) is 4.60. The van der Waals surface area contributed by atoms with Gasteiger partial charge in [0.15, 0.2) is 0 Å². The quantitative estimate of drug-likeness (QED) is 0.568. The van der Waals surface area contributed by atoms with Gasteiger partial charge in [0.25, 0.3) is 0 Å². The number of aliphatic hydroxyl groups is 1. The van der Waals surface area contributed by atoms with Crippen molar-refractivity contribution in [3.8, 4) is 6.07 Å². The molecular formula is C25H30N6O2. The first-order valence-electron chi connectivity index (χ1n) is 11.4. The van der Waals surface area contributed by atoms with Gasteiger partial charge in [-0.2, -0.15) is 5.26 Å². The second-order valence-electron chi connectivity index (χ2n) is 8.78. The molecule has 8 heteroatoms. The number of β-amino-alcohol motifs (C(OH)–C–C–N with tert-alkyl or cyclic N) is 1. The van der Waals surface area contributed by atoms with E-state index >= 15 is 0 Å². The molecule has 1 aliphatic heterocycles. The van der Waals surface area contributed by atoms with Crippen LogP contribution in [0.5, 0.6) is 0 Å². The van der Waals surface area contributed by atoms with Crippen LogP contribution in [0.15, 0.2) is 42.9 Å². The summed E-state index contributed by atoms with van der Waals surface area (Å²) in [6, 6.07) is 11.8. The average molecular weight is 447 g/mol. The predicted molar refractivity (Wildman–Crippen MR) is 127 cm³/mol. The number of nitrogens with zero attached hydrogens (tertiary/aromatic N) is 6. The van der Waals surface area contributed by atoms with Crippen LogP contribution < -0.4 is 4.90 Å². The molecule has 4 rings (SSSR count). The van der Waals surface area contributed by atoms with E-state index in [1.54, 1.807) is 13.3 Å². The highest BCUT2D eigenvalue weighted by atomic mass is 16.3. The molecule has 3 heterocycles. The highest BCUT2D eigenvalue weighted by molar-refractivity contribution is 5.87. The normalized spacial score (nSPS) is 18.8. The van der Waals surface area contributed by atoms with Crippen molar-refractivity contribution < 1.29 is 9.90 Å². The number of anilines is 1. The van der Waals surface area contributed by atoms with Crippen LogP contribution in [0, 0.1) is 17.2 Å².